The minimum Gasteiger partial charge on any atom is -0.352 e. The fraction of sp³-hybridized carbons (Fsp3) is 0.909. The highest BCUT2D eigenvalue weighted by molar-refractivity contribution is 5.71. The summed E-state index contributed by atoms with van der Waals surface area (Å²) in [5, 5.41) is 2.55. The Hall–Kier alpha value is -0.810. The van der Waals surface area contributed by atoms with Gasteiger partial charge in [0, 0.05) is 26.2 Å². The molecule has 16 heavy (non-hydrogen) atoms. The summed E-state index contributed by atoms with van der Waals surface area (Å²) in [5.41, 5.74) is 4.98. The molecule has 0 saturated heterocycles. The first-order valence-electron chi connectivity index (χ1n) is 5.91. The van der Waals surface area contributed by atoms with E-state index in [4.69, 9.17) is 15.2 Å². The number of rotatable bonds is 9. The van der Waals surface area contributed by atoms with Crippen LogP contribution >= 0.6 is 0 Å². The maximum atomic E-state index is 10.5. The third-order valence-electron chi connectivity index (χ3n) is 2.39. The van der Waals surface area contributed by atoms with Crippen LogP contribution in [0.3, 0.4) is 0 Å². The molecular formula is C11H24N2O3. The van der Waals surface area contributed by atoms with Gasteiger partial charge in [-0.15, -0.1) is 0 Å². The molecular weight excluding hydrogens is 208 g/mol. The van der Waals surface area contributed by atoms with Crippen LogP contribution in [0, 0.1) is 0 Å². The standard InChI is InChI=1S/C11H24N2O3/c1-4-11(15-5-2,16-6-3)8-7-9-13-10(12)14/h4-9H2,1-3H3,(H3,12,13,14). The van der Waals surface area contributed by atoms with Gasteiger partial charge in [0.25, 0.3) is 0 Å². The Morgan fingerprint density at radius 2 is 1.81 bits per heavy atom. The van der Waals surface area contributed by atoms with E-state index in [9.17, 15) is 4.79 Å². The number of carbonyl (C=O) groups excluding carboxylic acids is 1. The maximum Gasteiger partial charge on any atom is 0.312 e. The molecule has 0 saturated carbocycles. The monoisotopic (exact) mass is 232 g/mol. The van der Waals surface area contributed by atoms with E-state index in [0.29, 0.717) is 19.8 Å². The van der Waals surface area contributed by atoms with E-state index < -0.39 is 11.8 Å². The molecule has 0 spiro atoms. The maximum absolute atomic E-state index is 10.5. The van der Waals surface area contributed by atoms with Gasteiger partial charge in [0.2, 0.25) is 0 Å². The second-order valence-corrected chi connectivity index (χ2v) is 3.52. The van der Waals surface area contributed by atoms with Crippen molar-refractivity contribution in [3.8, 4) is 0 Å². The predicted octanol–water partition coefficient (Wildman–Crippen LogP) is 1.61. The molecule has 0 aliphatic carbocycles. The fourth-order valence-electron chi connectivity index (χ4n) is 1.66. The van der Waals surface area contributed by atoms with Gasteiger partial charge in [-0.1, -0.05) is 6.92 Å². The fourth-order valence-corrected chi connectivity index (χ4v) is 1.66. The number of ether oxygens (including phenoxy) is 2. The van der Waals surface area contributed by atoms with Gasteiger partial charge < -0.3 is 20.5 Å². The average molecular weight is 232 g/mol. The van der Waals surface area contributed by atoms with Crippen LogP contribution in [-0.4, -0.2) is 31.6 Å². The molecule has 5 heteroatoms. The van der Waals surface area contributed by atoms with Crippen LogP contribution in [0.4, 0.5) is 4.79 Å². The van der Waals surface area contributed by atoms with Gasteiger partial charge in [-0.25, -0.2) is 4.79 Å². The smallest absolute Gasteiger partial charge is 0.312 e. The average Bonchev–Trinajstić information content (AvgIpc) is 2.24. The van der Waals surface area contributed by atoms with Gasteiger partial charge >= 0.3 is 6.03 Å². The number of hydrogen-bond donors (Lipinski definition) is 2. The zero-order valence-corrected chi connectivity index (χ0v) is 10.5. The van der Waals surface area contributed by atoms with Crippen LogP contribution in [-0.2, 0) is 9.47 Å². The molecule has 0 aromatic rings. The van der Waals surface area contributed by atoms with Crippen LogP contribution in [0.2, 0.25) is 0 Å². The van der Waals surface area contributed by atoms with Gasteiger partial charge in [-0.2, -0.15) is 0 Å². The van der Waals surface area contributed by atoms with Gasteiger partial charge in [0.1, 0.15) is 0 Å². The SMILES string of the molecule is CCOC(CC)(CCCNC(N)=O)OCC. The zero-order valence-electron chi connectivity index (χ0n) is 10.5. The highest BCUT2D eigenvalue weighted by Crippen LogP contribution is 2.23. The Kier molecular flexibility index (Phi) is 7.93. The quantitative estimate of drug-likeness (QED) is 0.468. The lowest BCUT2D eigenvalue weighted by Crippen LogP contribution is -2.37. The predicted molar refractivity (Wildman–Crippen MR) is 63.1 cm³/mol. The van der Waals surface area contributed by atoms with Crippen molar-refractivity contribution in [1.82, 2.24) is 5.32 Å². The summed E-state index contributed by atoms with van der Waals surface area (Å²) in [4.78, 5) is 10.5. The van der Waals surface area contributed by atoms with Crippen LogP contribution in [0.15, 0.2) is 0 Å². The van der Waals surface area contributed by atoms with E-state index in [1.54, 1.807) is 0 Å². The van der Waals surface area contributed by atoms with E-state index in [1.165, 1.54) is 0 Å². The second-order valence-electron chi connectivity index (χ2n) is 3.52. The molecule has 0 aromatic carbocycles. The number of carbonyl (C=O) groups is 1. The van der Waals surface area contributed by atoms with Crippen LogP contribution in [0.5, 0.6) is 0 Å². The van der Waals surface area contributed by atoms with Gasteiger partial charge in [-0.3, -0.25) is 0 Å². The van der Waals surface area contributed by atoms with Crippen LogP contribution in [0.25, 0.3) is 0 Å². The third kappa shape index (κ3) is 5.92. The van der Waals surface area contributed by atoms with Crippen molar-refractivity contribution >= 4 is 6.03 Å². The number of nitrogens with two attached hydrogens (primary N) is 1. The Balaban J connectivity index is 4.03. The molecule has 0 fully saturated rings. The lowest BCUT2D eigenvalue weighted by molar-refractivity contribution is -0.238. The Bertz CT molecular complexity index is 192. The van der Waals surface area contributed by atoms with Crippen molar-refractivity contribution in [2.45, 2.75) is 45.8 Å². The van der Waals surface area contributed by atoms with Gasteiger partial charge in [-0.05, 0) is 26.7 Å². The number of primary amides is 1. The van der Waals surface area contributed by atoms with Crippen molar-refractivity contribution in [3.63, 3.8) is 0 Å². The molecule has 5 nitrogen and oxygen atoms in total. The van der Waals surface area contributed by atoms with Crippen molar-refractivity contribution < 1.29 is 14.3 Å². The molecule has 0 aliphatic heterocycles. The molecule has 3 N–H and O–H groups in total. The summed E-state index contributed by atoms with van der Waals surface area (Å²) in [5.74, 6) is -0.511. The summed E-state index contributed by atoms with van der Waals surface area (Å²) < 4.78 is 11.3. The molecule has 96 valence electrons. The minimum absolute atomic E-state index is 0.491. The van der Waals surface area contributed by atoms with Gasteiger partial charge in [0.15, 0.2) is 5.79 Å². The normalized spacial score (nSPS) is 11.4. The first-order chi connectivity index (χ1) is 7.60. The Morgan fingerprint density at radius 3 is 2.19 bits per heavy atom. The number of urea groups is 1. The van der Waals surface area contributed by atoms with Crippen molar-refractivity contribution in [3.05, 3.63) is 0 Å². The number of hydrogen-bond acceptors (Lipinski definition) is 3. The largest absolute Gasteiger partial charge is 0.352 e. The van der Waals surface area contributed by atoms with Gasteiger partial charge in [0.05, 0.1) is 0 Å². The van der Waals surface area contributed by atoms with E-state index in [2.05, 4.69) is 5.32 Å². The molecule has 0 rings (SSSR count). The minimum atomic E-state index is -0.511. The summed E-state index contributed by atoms with van der Waals surface area (Å²) >= 11 is 0. The van der Waals surface area contributed by atoms with Crippen LogP contribution < -0.4 is 11.1 Å². The zero-order chi connectivity index (χ0) is 12.4. The first-order valence-corrected chi connectivity index (χ1v) is 5.91. The summed E-state index contributed by atoms with van der Waals surface area (Å²) in [6.45, 7) is 7.73. The Morgan fingerprint density at radius 1 is 1.25 bits per heavy atom. The topological polar surface area (TPSA) is 73.6 Å². The highest BCUT2D eigenvalue weighted by atomic mass is 16.7. The molecule has 0 atom stereocenters. The summed E-state index contributed by atoms with van der Waals surface area (Å²) in [6, 6.07) is -0.491. The van der Waals surface area contributed by atoms with E-state index >= 15 is 0 Å². The second kappa shape index (κ2) is 8.35. The molecule has 0 radical (unpaired) electrons. The molecule has 0 aliphatic rings. The van der Waals surface area contributed by atoms with Crippen molar-refractivity contribution in [2.24, 2.45) is 5.73 Å². The summed E-state index contributed by atoms with van der Waals surface area (Å²) in [7, 11) is 0. The highest BCUT2D eigenvalue weighted by Gasteiger charge is 2.28. The number of amides is 2. The lowest BCUT2D eigenvalue weighted by Gasteiger charge is -2.32. The third-order valence-corrected chi connectivity index (χ3v) is 2.39. The molecule has 2 amide bonds. The molecule has 0 unspecified atom stereocenters. The molecule has 0 aromatic heterocycles. The van der Waals surface area contributed by atoms with E-state index in [-0.39, 0.29) is 0 Å². The summed E-state index contributed by atoms with van der Waals surface area (Å²) in [6.07, 6.45) is 2.34. The van der Waals surface area contributed by atoms with Crippen molar-refractivity contribution in [1.29, 1.82) is 0 Å². The lowest BCUT2D eigenvalue weighted by atomic mass is 10.1. The Labute approximate surface area is 97.7 Å². The van der Waals surface area contributed by atoms with E-state index in [0.717, 1.165) is 19.3 Å². The van der Waals surface area contributed by atoms with Crippen LogP contribution in [0.1, 0.15) is 40.0 Å². The molecule has 0 heterocycles. The first kappa shape index (κ1) is 15.2. The van der Waals surface area contributed by atoms with E-state index in [1.807, 2.05) is 20.8 Å². The van der Waals surface area contributed by atoms with Crippen molar-refractivity contribution in [2.75, 3.05) is 19.8 Å². The number of nitrogens with one attached hydrogen (secondary N) is 1. The molecule has 0 bridgehead atoms.